The summed E-state index contributed by atoms with van der Waals surface area (Å²) in [5.41, 5.74) is 0. The number of rotatable bonds is 4. The van der Waals surface area contributed by atoms with Gasteiger partial charge in [0.2, 0.25) is 10.0 Å². The number of sulfonamides is 1. The first-order valence-corrected chi connectivity index (χ1v) is 9.85. The summed E-state index contributed by atoms with van der Waals surface area (Å²) in [5.74, 6) is 0.250. The predicted molar refractivity (Wildman–Crippen MR) is 90.4 cm³/mol. The molecule has 0 spiro atoms. The van der Waals surface area contributed by atoms with Crippen LogP contribution in [0.1, 0.15) is 12.8 Å². The van der Waals surface area contributed by atoms with Crippen LogP contribution in [-0.2, 0) is 14.8 Å². The molecule has 1 saturated heterocycles. The van der Waals surface area contributed by atoms with E-state index in [-0.39, 0.29) is 9.97 Å². The molecule has 1 aliphatic rings. The van der Waals surface area contributed by atoms with E-state index in [0.29, 0.717) is 18.0 Å². The fourth-order valence-corrected chi connectivity index (χ4v) is 5.94. The van der Waals surface area contributed by atoms with Gasteiger partial charge in [-0.05, 0) is 37.1 Å². The van der Waals surface area contributed by atoms with Crippen molar-refractivity contribution in [3.05, 3.63) is 28.7 Å². The lowest BCUT2D eigenvalue weighted by Crippen LogP contribution is -2.46. The number of ether oxygens (including phenoxy) is 1. The van der Waals surface area contributed by atoms with Gasteiger partial charge in [-0.15, -0.1) is 0 Å². The second-order valence-corrected chi connectivity index (χ2v) is 8.88. The number of benzene rings is 1. The van der Waals surface area contributed by atoms with Crippen LogP contribution in [0, 0.1) is 5.92 Å². The highest BCUT2D eigenvalue weighted by atomic mass is 127. The Hall–Kier alpha value is 0.300. The van der Waals surface area contributed by atoms with Crippen LogP contribution >= 0.6 is 38.5 Å². The minimum Gasteiger partial charge on any atom is -0.384 e. The summed E-state index contributed by atoms with van der Waals surface area (Å²) < 4.78 is 33.1. The molecule has 7 heteroatoms. The van der Waals surface area contributed by atoms with Crippen molar-refractivity contribution in [2.24, 2.45) is 5.92 Å². The van der Waals surface area contributed by atoms with Gasteiger partial charge in [-0.3, -0.25) is 0 Å². The molecule has 1 heterocycles. The Morgan fingerprint density at radius 1 is 1.40 bits per heavy atom. The van der Waals surface area contributed by atoms with Crippen LogP contribution < -0.4 is 0 Å². The van der Waals surface area contributed by atoms with Gasteiger partial charge in [0.15, 0.2) is 0 Å². The van der Waals surface area contributed by atoms with Gasteiger partial charge >= 0.3 is 0 Å². The average molecular weight is 474 g/mol. The van der Waals surface area contributed by atoms with Crippen LogP contribution in [0.15, 0.2) is 33.6 Å². The van der Waals surface area contributed by atoms with E-state index in [0.717, 1.165) is 17.3 Å². The average Bonchev–Trinajstić information content (AvgIpc) is 2.41. The summed E-state index contributed by atoms with van der Waals surface area (Å²) in [5, 5.41) is 0. The molecule has 4 nitrogen and oxygen atoms in total. The third-order valence-electron chi connectivity index (χ3n) is 3.42. The van der Waals surface area contributed by atoms with Crippen molar-refractivity contribution in [3.63, 3.8) is 0 Å². The van der Waals surface area contributed by atoms with Crippen LogP contribution in [0.5, 0.6) is 0 Å². The van der Waals surface area contributed by atoms with Gasteiger partial charge < -0.3 is 4.74 Å². The van der Waals surface area contributed by atoms with Gasteiger partial charge in [0.05, 0.1) is 15.6 Å². The molecule has 0 amide bonds. The Labute approximate surface area is 142 Å². The minimum absolute atomic E-state index is 0.0602. The summed E-state index contributed by atoms with van der Waals surface area (Å²) in [6.45, 7) is 1.17. The first kappa shape index (κ1) is 16.7. The standard InChI is InChI=1S/C13H17BrINO3S/c1-19-9-10-3-2-8-16(13(10)15)20(17,18)12-6-4-11(14)5-7-12/h4-7,10,13H,2-3,8-9H2,1H3. The van der Waals surface area contributed by atoms with Crippen molar-refractivity contribution < 1.29 is 13.2 Å². The van der Waals surface area contributed by atoms with Crippen LogP contribution in [0.2, 0.25) is 0 Å². The zero-order valence-corrected chi connectivity index (χ0v) is 15.7. The maximum absolute atomic E-state index is 12.7. The molecule has 1 fully saturated rings. The van der Waals surface area contributed by atoms with E-state index in [1.807, 2.05) is 0 Å². The first-order chi connectivity index (χ1) is 9.46. The molecule has 0 aliphatic carbocycles. The van der Waals surface area contributed by atoms with Crippen LogP contribution in [-0.4, -0.2) is 37.0 Å². The zero-order chi connectivity index (χ0) is 14.8. The number of halogens is 2. The van der Waals surface area contributed by atoms with E-state index >= 15 is 0 Å². The van der Waals surface area contributed by atoms with E-state index in [4.69, 9.17) is 4.74 Å². The highest BCUT2D eigenvalue weighted by Gasteiger charge is 2.37. The molecule has 2 rings (SSSR count). The molecule has 2 atom stereocenters. The lowest BCUT2D eigenvalue weighted by atomic mass is 10.0. The van der Waals surface area contributed by atoms with Gasteiger partial charge in [-0.25, -0.2) is 8.42 Å². The Kier molecular flexibility index (Phi) is 5.87. The van der Waals surface area contributed by atoms with Crippen molar-refractivity contribution in [2.75, 3.05) is 20.3 Å². The minimum atomic E-state index is -3.43. The number of hydrogen-bond donors (Lipinski definition) is 0. The maximum atomic E-state index is 12.7. The molecule has 1 aromatic carbocycles. The fraction of sp³-hybridized carbons (Fsp3) is 0.538. The molecule has 1 aliphatic heterocycles. The zero-order valence-electron chi connectivity index (χ0n) is 11.1. The van der Waals surface area contributed by atoms with Gasteiger partial charge in [0.1, 0.15) is 0 Å². The van der Waals surface area contributed by atoms with Crippen molar-refractivity contribution in [1.82, 2.24) is 4.31 Å². The fourth-order valence-electron chi connectivity index (χ4n) is 2.38. The summed E-state index contributed by atoms with van der Waals surface area (Å²) in [6.07, 6.45) is 1.89. The summed E-state index contributed by atoms with van der Waals surface area (Å²) in [7, 11) is -1.77. The second-order valence-electron chi connectivity index (χ2n) is 4.80. The lowest BCUT2D eigenvalue weighted by molar-refractivity contribution is 0.113. The van der Waals surface area contributed by atoms with Crippen molar-refractivity contribution >= 4 is 48.5 Å². The van der Waals surface area contributed by atoms with Crippen molar-refractivity contribution in [1.29, 1.82) is 0 Å². The van der Waals surface area contributed by atoms with Gasteiger partial charge in [-0.2, -0.15) is 4.31 Å². The van der Waals surface area contributed by atoms with Gasteiger partial charge in [-0.1, -0.05) is 38.5 Å². The highest BCUT2D eigenvalue weighted by molar-refractivity contribution is 14.1. The molecular formula is C13H17BrINO3S. The van der Waals surface area contributed by atoms with Crippen LogP contribution in [0.4, 0.5) is 0 Å². The predicted octanol–water partition coefficient (Wildman–Crippen LogP) is 3.26. The SMILES string of the molecule is COCC1CCCN(S(=O)(=O)c2ccc(Br)cc2)C1I. The molecule has 112 valence electrons. The molecule has 20 heavy (non-hydrogen) atoms. The van der Waals surface area contributed by atoms with Crippen LogP contribution in [0.25, 0.3) is 0 Å². The molecule has 0 radical (unpaired) electrons. The van der Waals surface area contributed by atoms with E-state index in [1.54, 1.807) is 35.7 Å². The van der Waals surface area contributed by atoms with Crippen LogP contribution in [0.3, 0.4) is 0 Å². The van der Waals surface area contributed by atoms with E-state index in [1.165, 1.54) is 0 Å². The molecule has 0 bridgehead atoms. The quantitative estimate of drug-likeness (QED) is 0.383. The molecule has 1 aromatic rings. The van der Waals surface area contributed by atoms with E-state index in [9.17, 15) is 8.42 Å². The summed E-state index contributed by atoms with van der Waals surface area (Å²) in [4.78, 5) is 0.348. The Balaban J connectivity index is 2.26. The Morgan fingerprint density at radius 3 is 2.65 bits per heavy atom. The third kappa shape index (κ3) is 3.55. The normalized spacial score (nSPS) is 24.8. The van der Waals surface area contributed by atoms with Crippen molar-refractivity contribution in [2.45, 2.75) is 21.8 Å². The van der Waals surface area contributed by atoms with Crippen molar-refractivity contribution in [3.8, 4) is 0 Å². The van der Waals surface area contributed by atoms with Gasteiger partial charge in [0.25, 0.3) is 0 Å². The Bertz CT molecular complexity index is 547. The maximum Gasteiger partial charge on any atom is 0.244 e. The summed E-state index contributed by atoms with van der Waals surface area (Å²) in [6, 6.07) is 6.79. The number of methoxy groups -OCH3 is 1. The highest BCUT2D eigenvalue weighted by Crippen LogP contribution is 2.33. The molecule has 2 unspecified atom stereocenters. The monoisotopic (exact) mass is 473 g/mol. The number of piperidine rings is 1. The van der Waals surface area contributed by atoms with E-state index in [2.05, 4.69) is 38.5 Å². The Morgan fingerprint density at radius 2 is 2.05 bits per heavy atom. The smallest absolute Gasteiger partial charge is 0.244 e. The van der Waals surface area contributed by atoms with E-state index < -0.39 is 10.0 Å². The van der Waals surface area contributed by atoms with Gasteiger partial charge in [0, 0.05) is 24.0 Å². The largest absolute Gasteiger partial charge is 0.384 e. The third-order valence-corrected chi connectivity index (χ3v) is 7.91. The molecule has 0 aromatic heterocycles. The topological polar surface area (TPSA) is 46.6 Å². The molecule has 0 N–H and O–H groups in total. The first-order valence-electron chi connectivity index (χ1n) is 6.37. The number of alkyl halides is 1. The lowest BCUT2D eigenvalue weighted by Gasteiger charge is -2.36. The molecule has 0 saturated carbocycles. The summed E-state index contributed by atoms with van der Waals surface area (Å²) >= 11 is 5.54. The number of nitrogens with zero attached hydrogens (tertiary/aromatic N) is 1. The number of hydrogen-bond acceptors (Lipinski definition) is 3. The molecular weight excluding hydrogens is 457 g/mol. The second kappa shape index (κ2) is 7.04.